The van der Waals surface area contributed by atoms with Gasteiger partial charge in [-0.25, -0.2) is 12.9 Å². The third kappa shape index (κ3) is 15.3. The number of hydrogen-bond acceptors (Lipinski definition) is 6. The Morgan fingerprint density at radius 1 is 0.800 bits per heavy atom. The third-order valence-corrected chi connectivity index (χ3v) is 9.83. The number of aromatic amines is 1. The Balaban J connectivity index is 2.04. The lowest BCUT2D eigenvalue weighted by molar-refractivity contribution is -0.129. The first-order chi connectivity index (χ1) is 21.6. The summed E-state index contributed by atoms with van der Waals surface area (Å²) in [5.41, 5.74) is 1.23. The number of sulfone groups is 1. The van der Waals surface area contributed by atoms with Gasteiger partial charge in [-0.1, -0.05) is 128 Å². The minimum absolute atomic E-state index is 0.00107. The highest BCUT2D eigenvalue weighted by molar-refractivity contribution is 7.90. The van der Waals surface area contributed by atoms with Crippen molar-refractivity contribution in [1.29, 1.82) is 0 Å². The molecule has 2 heterocycles. The van der Waals surface area contributed by atoms with Crippen LogP contribution in [0.15, 0.2) is 0 Å². The summed E-state index contributed by atoms with van der Waals surface area (Å²) in [6.45, 7) is 6.26. The van der Waals surface area contributed by atoms with Gasteiger partial charge in [-0.15, -0.1) is 10.2 Å². The van der Waals surface area contributed by atoms with Gasteiger partial charge in [-0.05, 0) is 26.2 Å². The standard InChI is InChI=1S/C33H59ClN6O4S/c1-5-7-9-11-13-14-15-17-18-20-22-27(31-37-38-32-30(34)26(3)39-40(31)32)36-33(42)28(24-25-45(4,43)44)35-29(41)23-21-19-16-12-10-8-6-2/h27-28,39H,5-25H2,1-4H3,(H,35,41)(H,36,42). The average Bonchev–Trinajstić information content (AvgIpc) is 3.53. The lowest BCUT2D eigenvalue weighted by Gasteiger charge is -2.23. The molecular weight excluding hydrogens is 612 g/mol. The molecule has 0 saturated heterocycles. The molecule has 0 fully saturated rings. The highest BCUT2D eigenvalue weighted by atomic mass is 35.5. The summed E-state index contributed by atoms with van der Waals surface area (Å²) in [6, 6.07) is -1.46. The molecule has 2 atom stereocenters. The number of H-pyrrole nitrogens is 1. The van der Waals surface area contributed by atoms with Crippen molar-refractivity contribution < 1.29 is 18.0 Å². The maximum Gasteiger partial charge on any atom is 0.243 e. The van der Waals surface area contributed by atoms with Gasteiger partial charge in [-0.3, -0.25) is 14.7 Å². The summed E-state index contributed by atoms with van der Waals surface area (Å²) in [4.78, 5) is 26.5. The number of carbonyl (C=O) groups is 2. The van der Waals surface area contributed by atoms with Crippen LogP contribution in [0.3, 0.4) is 0 Å². The van der Waals surface area contributed by atoms with E-state index in [1.807, 2.05) is 6.92 Å². The first kappa shape index (κ1) is 39.0. The van der Waals surface area contributed by atoms with Crippen LogP contribution >= 0.6 is 11.6 Å². The molecule has 45 heavy (non-hydrogen) atoms. The molecule has 3 N–H and O–H groups in total. The maximum absolute atomic E-state index is 13.7. The van der Waals surface area contributed by atoms with E-state index in [1.165, 1.54) is 64.2 Å². The van der Waals surface area contributed by atoms with Crippen molar-refractivity contribution in [2.75, 3.05) is 12.0 Å². The quantitative estimate of drug-likeness (QED) is 0.0884. The van der Waals surface area contributed by atoms with Gasteiger partial charge in [0.25, 0.3) is 0 Å². The van der Waals surface area contributed by atoms with Gasteiger partial charge in [0.1, 0.15) is 20.9 Å². The predicted octanol–water partition coefficient (Wildman–Crippen LogP) is 7.55. The van der Waals surface area contributed by atoms with Crippen molar-refractivity contribution in [2.45, 2.75) is 161 Å². The molecule has 0 aliphatic heterocycles. The van der Waals surface area contributed by atoms with E-state index in [1.54, 1.807) is 4.52 Å². The number of carbonyl (C=O) groups excluding carboxylic acids is 2. The van der Waals surface area contributed by atoms with E-state index in [2.05, 4.69) is 39.8 Å². The fourth-order valence-corrected chi connectivity index (χ4v) is 6.47. The van der Waals surface area contributed by atoms with Crippen molar-refractivity contribution in [2.24, 2.45) is 0 Å². The SMILES string of the molecule is CCCCCCCCCCCCC(NC(=O)C(CCS(C)(=O)=O)NC(=O)CCCCCCCCC)c1nnc2c(Cl)c(C)[nH]n12. The third-order valence-electron chi connectivity index (χ3n) is 8.40. The number of halogens is 1. The Morgan fingerprint density at radius 3 is 1.89 bits per heavy atom. The zero-order valence-electron chi connectivity index (χ0n) is 28.3. The maximum atomic E-state index is 13.7. The second kappa shape index (κ2) is 21.6. The van der Waals surface area contributed by atoms with Crippen molar-refractivity contribution in [3.8, 4) is 0 Å². The van der Waals surface area contributed by atoms with Crippen molar-refractivity contribution >= 4 is 38.9 Å². The molecule has 258 valence electrons. The predicted molar refractivity (Wildman–Crippen MR) is 183 cm³/mol. The van der Waals surface area contributed by atoms with Crippen LogP contribution in [0.1, 0.15) is 160 Å². The molecule has 2 amide bonds. The molecule has 2 aromatic rings. The molecule has 0 aliphatic carbocycles. The topological polar surface area (TPSA) is 138 Å². The smallest absolute Gasteiger partial charge is 0.243 e. The molecule has 0 spiro atoms. The Kier molecular flexibility index (Phi) is 18.8. The molecule has 0 radical (unpaired) electrons. The number of hydrogen-bond donors (Lipinski definition) is 3. The Hall–Kier alpha value is -2.14. The van der Waals surface area contributed by atoms with Crippen LogP contribution < -0.4 is 10.6 Å². The molecule has 2 aromatic heterocycles. The molecule has 0 bridgehead atoms. The minimum atomic E-state index is -3.33. The van der Waals surface area contributed by atoms with Crippen LogP contribution in [0.2, 0.25) is 5.02 Å². The summed E-state index contributed by atoms with van der Waals surface area (Å²) in [6.07, 6.45) is 21.6. The van der Waals surface area contributed by atoms with E-state index in [9.17, 15) is 18.0 Å². The normalized spacial score (nSPS) is 13.3. The number of nitrogens with zero attached hydrogens (tertiary/aromatic N) is 3. The van der Waals surface area contributed by atoms with Crippen LogP contribution in [0.5, 0.6) is 0 Å². The summed E-state index contributed by atoms with van der Waals surface area (Å²) in [7, 11) is -3.33. The van der Waals surface area contributed by atoms with Gasteiger partial charge in [0.15, 0.2) is 11.5 Å². The molecule has 10 nitrogen and oxygen atoms in total. The minimum Gasteiger partial charge on any atom is -0.344 e. The highest BCUT2D eigenvalue weighted by Gasteiger charge is 2.28. The summed E-state index contributed by atoms with van der Waals surface area (Å²) < 4.78 is 25.7. The second-order valence-corrected chi connectivity index (χ2v) is 15.3. The van der Waals surface area contributed by atoms with Crippen molar-refractivity contribution in [3.63, 3.8) is 0 Å². The van der Waals surface area contributed by atoms with Crippen molar-refractivity contribution in [3.05, 3.63) is 16.5 Å². The van der Waals surface area contributed by atoms with Crippen LogP contribution in [0.4, 0.5) is 0 Å². The summed E-state index contributed by atoms with van der Waals surface area (Å²) >= 11 is 6.41. The fraction of sp³-hybridized carbons (Fsp3) is 0.818. The fourth-order valence-electron chi connectivity index (χ4n) is 5.64. The van der Waals surface area contributed by atoms with E-state index in [-0.39, 0.29) is 18.1 Å². The number of aromatic nitrogens is 4. The molecule has 0 aromatic carbocycles. The lowest BCUT2D eigenvalue weighted by atomic mass is 10.0. The highest BCUT2D eigenvalue weighted by Crippen LogP contribution is 2.25. The van der Waals surface area contributed by atoms with E-state index in [0.29, 0.717) is 29.3 Å². The largest absolute Gasteiger partial charge is 0.344 e. The van der Waals surface area contributed by atoms with Gasteiger partial charge in [0.05, 0.1) is 17.5 Å². The summed E-state index contributed by atoms with van der Waals surface area (Å²) in [5.74, 6) is -0.331. The molecule has 0 aliphatic rings. The Bertz CT molecular complexity index is 1250. The van der Waals surface area contributed by atoms with Gasteiger partial charge in [0, 0.05) is 12.7 Å². The summed E-state index contributed by atoms with van der Waals surface area (Å²) in [5, 5.41) is 18.1. The number of rotatable bonds is 26. The number of amides is 2. The van der Waals surface area contributed by atoms with Gasteiger partial charge < -0.3 is 10.6 Å². The van der Waals surface area contributed by atoms with E-state index in [0.717, 1.165) is 56.9 Å². The van der Waals surface area contributed by atoms with E-state index < -0.39 is 27.8 Å². The molecular formula is C33H59ClN6O4S. The van der Waals surface area contributed by atoms with Gasteiger partial charge in [-0.2, -0.15) is 0 Å². The monoisotopic (exact) mass is 670 g/mol. The molecule has 0 saturated carbocycles. The Labute approximate surface area is 276 Å². The number of nitrogens with one attached hydrogen (secondary N) is 3. The van der Waals surface area contributed by atoms with Crippen LogP contribution in [-0.4, -0.2) is 58.1 Å². The van der Waals surface area contributed by atoms with E-state index in [4.69, 9.17) is 11.6 Å². The van der Waals surface area contributed by atoms with Crippen molar-refractivity contribution in [1.82, 2.24) is 30.4 Å². The molecule has 12 heteroatoms. The zero-order chi connectivity index (χ0) is 33.1. The number of aryl methyl sites for hydroxylation is 1. The first-order valence-corrected chi connectivity index (χ1v) is 19.9. The first-order valence-electron chi connectivity index (χ1n) is 17.4. The van der Waals surface area contributed by atoms with Crippen LogP contribution in [0.25, 0.3) is 5.65 Å². The van der Waals surface area contributed by atoms with Gasteiger partial charge in [0.2, 0.25) is 11.8 Å². The zero-order valence-corrected chi connectivity index (χ0v) is 29.8. The number of unbranched alkanes of at least 4 members (excludes halogenated alkanes) is 15. The Morgan fingerprint density at radius 2 is 1.33 bits per heavy atom. The van der Waals surface area contributed by atoms with Gasteiger partial charge >= 0.3 is 0 Å². The number of fused-ring (bicyclic) bond motifs is 1. The van der Waals surface area contributed by atoms with E-state index >= 15 is 0 Å². The van der Waals surface area contributed by atoms with Crippen LogP contribution in [-0.2, 0) is 19.4 Å². The molecule has 2 unspecified atom stereocenters. The molecule has 2 rings (SSSR count). The van der Waals surface area contributed by atoms with Crippen LogP contribution in [0, 0.1) is 6.92 Å². The second-order valence-electron chi connectivity index (χ2n) is 12.7. The average molecular weight is 671 g/mol. The lowest BCUT2D eigenvalue weighted by Crippen LogP contribution is -2.48.